The summed E-state index contributed by atoms with van der Waals surface area (Å²) in [5.41, 5.74) is 0.811. The summed E-state index contributed by atoms with van der Waals surface area (Å²) in [5, 5.41) is 6.31. The lowest BCUT2D eigenvalue weighted by Crippen LogP contribution is -2.43. The number of carbonyl (C=O) groups excluding carboxylic acids is 2. The lowest BCUT2D eigenvalue weighted by molar-refractivity contribution is -0.128. The second-order valence-electron chi connectivity index (χ2n) is 6.79. The van der Waals surface area contributed by atoms with E-state index in [1.807, 2.05) is 12.1 Å². The van der Waals surface area contributed by atoms with Crippen LogP contribution in [0.15, 0.2) is 24.3 Å². The number of nitrogens with one attached hydrogen (secondary N) is 2. The highest BCUT2D eigenvalue weighted by molar-refractivity contribution is 6.30. The molecule has 0 unspecified atom stereocenters. The van der Waals surface area contributed by atoms with Crippen molar-refractivity contribution in [3.63, 3.8) is 0 Å². The van der Waals surface area contributed by atoms with E-state index in [-0.39, 0.29) is 18.4 Å². The lowest BCUT2D eigenvalue weighted by Gasteiger charge is -2.27. The molecule has 0 spiro atoms. The van der Waals surface area contributed by atoms with Gasteiger partial charge in [-0.15, -0.1) is 0 Å². The van der Waals surface area contributed by atoms with E-state index in [9.17, 15) is 9.59 Å². The standard InChI is InChI=1S/C19H28ClN3O2/c1-21-19(25)18(15-8-10-16(20)11-9-15)23(2)13-17(24)22-12-14-6-4-3-5-7-14/h8-11,14,18H,3-7,12-13H2,1-2H3,(H,21,25)(H,22,24)/t18-/m1/s1. The first-order valence-electron chi connectivity index (χ1n) is 8.95. The van der Waals surface area contributed by atoms with Crippen LogP contribution in [0.5, 0.6) is 0 Å². The average Bonchev–Trinajstić information content (AvgIpc) is 2.62. The molecule has 1 aliphatic carbocycles. The Kier molecular flexibility index (Phi) is 7.72. The van der Waals surface area contributed by atoms with Gasteiger partial charge >= 0.3 is 0 Å². The SMILES string of the molecule is CNC(=O)[C@@H](c1ccc(Cl)cc1)N(C)CC(=O)NCC1CCCCC1. The van der Waals surface area contributed by atoms with Gasteiger partial charge < -0.3 is 10.6 Å². The fourth-order valence-corrected chi connectivity index (χ4v) is 3.54. The third kappa shape index (κ3) is 6.01. The highest BCUT2D eigenvalue weighted by atomic mass is 35.5. The molecule has 0 heterocycles. The van der Waals surface area contributed by atoms with E-state index >= 15 is 0 Å². The molecule has 138 valence electrons. The minimum atomic E-state index is -0.525. The van der Waals surface area contributed by atoms with Crippen LogP contribution in [0.3, 0.4) is 0 Å². The number of carbonyl (C=O) groups is 2. The van der Waals surface area contributed by atoms with Crippen molar-refractivity contribution in [2.75, 3.05) is 27.2 Å². The van der Waals surface area contributed by atoms with E-state index in [1.165, 1.54) is 32.1 Å². The number of benzene rings is 1. The molecule has 1 aliphatic rings. The number of hydrogen-bond acceptors (Lipinski definition) is 3. The molecule has 0 aromatic heterocycles. The largest absolute Gasteiger partial charge is 0.358 e. The van der Waals surface area contributed by atoms with Crippen molar-refractivity contribution in [2.45, 2.75) is 38.1 Å². The van der Waals surface area contributed by atoms with Crippen LogP contribution in [0.4, 0.5) is 0 Å². The second kappa shape index (κ2) is 9.78. The second-order valence-corrected chi connectivity index (χ2v) is 7.23. The average molecular weight is 366 g/mol. The Hall–Kier alpha value is -1.59. The Morgan fingerprint density at radius 1 is 1.20 bits per heavy atom. The van der Waals surface area contributed by atoms with Gasteiger partial charge in [-0.2, -0.15) is 0 Å². The number of likely N-dealkylation sites (N-methyl/N-ethyl adjacent to an activating group) is 2. The van der Waals surface area contributed by atoms with Crippen LogP contribution >= 0.6 is 11.6 Å². The molecule has 5 nitrogen and oxygen atoms in total. The molecule has 1 aromatic carbocycles. The zero-order valence-corrected chi connectivity index (χ0v) is 15.8. The van der Waals surface area contributed by atoms with Gasteiger partial charge in [-0.3, -0.25) is 14.5 Å². The summed E-state index contributed by atoms with van der Waals surface area (Å²) >= 11 is 5.93. The van der Waals surface area contributed by atoms with E-state index in [0.29, 0.717) is 10.9 Å². The lowest BCUT2D eigenvalue weighted by atomic mass is 9.89. The van der Waals surface area contributed by atoms with E-state index in [0.717, 1.165) is 12.1 Å². The molecule has 0 radical (unpaired) electrons. The molecule has 0 bridgehead atoms. The summed E-state index contributed by atoms with van der Waals surface area (Å²) in [5.74, 6) is 0.398. The molecule has 1 atom stereocenters. The molecule has 2 rings (SSSR count). The van der Waals surface area contributed by atoms with Crippen LogP contribution in [-0.4, -0.2) is 43.9 Å². The quantitative estimate of drug-likeness (QED) is 0.781. The van der Waals surface area contributed by atoms with Crippen LogP contribution in [0, 0.1) is 5.92 Å². The third-order valence-electron chi connectivity index (χ3n) is 4.83. The van der Waals surface area contributed by atoms with E-state index in [1.54, 1.807) is 31.1 Å². The molecule has 25 heavy (non-hydrogen) atoms. The van der Waals surface area contributed by atoms with Gasteiger partial charge in [0.25, 0.3) is 0 Å². The number of amides is 2. The van der Waals surface area contributed by atoms with Gasteiger partial charge in [0.2, 0.25) is 11.8 Å². The molecule has 1 aromatic rings. The summed E-state index contributed by atoms with van der Waals surface area (Å²) in [4.78, 5) is 26.4. The highest BCUT2D eigenvalue weighted by Gasteiger charge is 2.26. The normalized spacial score (nSPS) is 16.5. The van der Waals surface area contributed by atoms with Crippen LogP contribution in [0.1, 0.15) is 43.7 Å². The summed E-state index contributed by atoms with van der Waals surface area (Å²) in [7, 11) is 3.39. The van der Waals surface area contributed by atoms with E-state index in [2.05, 4.69) is 10.6 Å². The van der Waals surface area contributed by atoms with Gasteiger partial charge in [-0.25, -0.2) is 0 Å². The summed E-state index contributed by atoms with van der Waals surface area (Å²) < 4.78 is 0. The molecule has 2 N–H and O–H groups in total. The van der Waals surface area contributed by atoms with Gasteiger partial charge in [-0.05, 0) is 43.5 Å². The number of rotatable bonds is 7. The van der Waals surface area contributed by atoms with Crippen LogP contribution in [-0.2, 0) is 9.59 Å². The van der Waals surface area contributed by atoms with Crippen molar-refractivity contribution in [1.29, 1.82) is 0 Å². The van der Waals surface area contributed by atoms with Crippen molar-refractivity contribution in [1.82, 2.24) is 15.5 Å². The van der Waals surface area contributed by atoms with Crippen LogP contribution in [0.25, 0.3) is 0 Å². The zero-order chi connectivity index (χ0) is 18.2. The molecule has 1 saturated carbocycles. The smallest absolute Gasteiger partial charge is 0.241 e. The molecule has 0 saturated heterocycles. The predicted octanol–water partition coefficient (Wildman–Crippen LogP) is 2.76. The van der Waals surface area contributed by atoms with Gasteiger partial charge in [0.15, 0.2) is 0 Å². The predicted molar refractivity (Wildman–Crippen MR) is 100 cm³/mol. The van der Waals surface area contributed by atoms with Crippen LogP contribution < -0.4 is 10.6 Å². The first kappa shape index (κ1) is 19.7. The number of halogens is 1. The Bertz CT molecular complexity index is 571. The Morgan fingerprint density at radius 2 is 1.84 bits per heavy atom. The van der Waals surface area contributed by atoms with Crippen molar-refractivity contribution >= 4 is 23.4 Å². The summed E-state index contributed by atoms with van der Waals surface area (Å²) in [6.45, 7) is 0.908. The molecule has 2 amide bonds. The van der Waals surface area contributed by atoms with E-state index < -0.39 is 6.04 Å². The zero-order valence-electron chi connectivity index (χ0n) is 15.1. The highest BCUT2D eigenvalue weighted by Crippen LogP contribution is 2.23. The van der Waals surface area contributed by atoms with Crippen LogP contribution in [0.2, 0.25) is 5.02 Å². The first-order valence-corrected chi connectivity index (χ1v) is 9.33. The molecule has 0 aliphatic heterocycles. The Labute approximate surface area is 155 Å². The molecular weight excluding hydrogens is 338 g/mol. The minimum Gasteiger partial charge on any atom is -0.358 e. The summed E-state index contributed by atoms with van der Waals surface area (Å²) in [6, 6.07) is 6.62. The van der Waals surface area contributed by atoms with Gasteiger partial charge in [0.1, 0.15) is 6.04 Å². The third-order valence-corrected chi connectivity index (χ3v) is 5.08. The summed E-state index contributed by atoms with van der Waals surface area (Å²) in [6.07, 6.45) is 6.22. The molecule has 1 fully saturated rings. The van der Waals surface area contributed by atoms with Crippen molar-refractivity contribution in [3.8, 4) is 0 Å². The fourth-order valence-electron chi connectivity index (χ4n) is 3.41. The van der Waals surface area contributed by atoms with Gasteiger partial charge in [0, 0.05) is 18.6 Å². The molecule has 6 heteroatoms. The first-order chi connectivity index (χ1) is 12.0. The van der Waals surface area contributed by atoms with E-state index in [4.69, 9.17) is 11.6 Å². The fraction of sp³-hybridized carbons (Fsp3) is 0.579. The minimum absolute atomic E-state index is 0.0454. The number of hydrogen-bond donors (Lipinski definition) is 2. The topological polar surface area (TPSA) is 61.4 Å². The van der Waals surface area contributed by atoms with Gasteiger partial charge in [0.05, 0.1) is 6.54 Å². The maximum absolute atomic E-state index is 12.3. The van der Waals surface area contributed by atoms with Crippen molar-refractivity contribution < 1.29 is 9.59 Å². The van der Waals surface area contributed by atoms with Crippen molar-refractivity contribution in [3.05, 3.63) is 34.9 Å². The Balaban J connectivity index is 1.93. The van der Waals surface area contributed by atoms with Gasteiger partial charge in [-0.1, -0.05) is 43.0 Å². The number of nitrogens with zero attached hydrogens (tertiary/aromatic N) is 1. The Morgan fingerprint density at radius 3 is 2.44 bits per heavy atom. The maximum atomic E-state index is 12.3. The molecular formula is C19H28ClN3O2. The van der Waals surface area contributed by atoms with Crippen molar-refractivity contribution in [2.24, 2.45) is 5.92 Å². The maximum Gasteiger partial charge on any atom is 0.241 e. The monoisotopic (exact) mass is 365 g/mol.